The van der Waals surface area contributed by atoms with Gasteiger partial charge < -0.3 is 4.98 Å². The molecule has 0 fully saturated rings. The topological polar surface area (TPSA) is 55.7 Å². The van der Waals surface area contributed by atoms with E-state index in [0.717, 1.165) is 18.9 Å². The summed E-state index contributed by atoms with van der Waals surface area (Å²) in [5.41, 5.74) is 0.695. The number of nitrogens with zero attached hydrogens (tertiary/aromatic N) is 3. The van der Waals surface area contributed by atoms with E-state index in [2.05, 4.69) is 16.0 Å². The zero-order valence-corrected chi connectivity index (χ0v) is 9.97. The fourth-order valence-electron chi connectivity index (χ4n) is 1.58. The monoisotopic (exact) mass is 226 g/mol. The van der Waals surface area contributed by atoms with E-state index in [-0.39, 0.29) is 6.04 Å². The van der Waals surface area contributed by atoms with E-state index in [4.69, 9.17) is 16.9 Å². The summed E-state index contributed by atoms with van der Waals surface area (Å²) < 4.78 is 0. The quantitative estimate of drug-likeness (QED) is 0.857. The van der Waals surface area contributed by atoms with Gasteiger partial charge in [-0.25, -0.2) is 4.98 Å². The summed E-state index contributed by atoms with van der Waals surface area (Å²) in [7, 11) is 0. The molecule has 1 N–H and O–H groups in total. The van der Waals surface area contributed by atoms with Gasteiger partial charge in [0.25, 0.3) is 0 Å². The zero-order chi connectivity index (χ0) is 11.4. The highest BCUT2D eigenvalue weighted by Gasteiger charge is 2.22. The largest absolute Gasteiger partial charge is 0.343 e. The van der Waals surface area contributed by atoms with Crippen molar-refractivity contribution < 1.29 is 0 Å². The minimum absolute atomic E-state index is 0.339. The van der Waals surface area contributed by atoms with Gasteiger partial charge in [0.1, 0.15) is 11.9 Å². The van der Waals surface area contributed by atoms with Crippen LogP contribution in [0.1, 0.15) is 31.4 Å². The first-order valence-electron chi connectivity index (χ1n) is 4.99. The number of hydrogen-bond acceptors (Lipinski definition) is 3. The number of imidazole rings is 1. The lowest BCUT2D eigenvalue weighted by atomic mass is 10.2. The van der Waals surface area contributed by atoms with Crippen LogP contribution in [0.5, 0.6) is 0 Å². The van der Waals surface area contributed by atoms with Gasteiger partial charge in [0, 0.05) is 0 Å². The summed E-state index contributed by atoms with van der Waals surface area (Å²) in [5, 5.41) is 9.54. The van der Waals surface area contributed by atoms with Gasteiger partial charge in [-0.2, -0.15) is 5.26 Å². The first kappa shape index (κ1) is 12.0. The fraction of sp³-hybridized carbons (Fsp3) is 0.600. The van der Waals surface area contributed by atoms with Crippen molar-refractivity contribution in [2.75, 3.05) is 13.1 Å². The molecule has 0 aliphatic rings. The van der Waals surface area contributed by atoms with Crippen molar-refractivity contribution >= 4 is 11.6 Å². The van der Waals surface area contributed by atoms with Gasteiger partial charge in [-0.15, -0.1) is 0 Å². The molecule has 0 saturated heterocycles. The Morgan fingerprint density at radius 1 is 1.53 bits per heavy atom. The third kappa shape index (κ3) is 2.49. The van der Waals surface area contributed by atoms with E-state index in [1.165, 1.54) is 0 Å². The Labute approximate surface area is 94.9 Å². The van der Waals surface area contributed by atoms with Gasteiger partial charge in [0.05, 0.1) is 11.8 Å². The number of halogens is 1. The van der Waals surface area contributed by atoms with Gasteiger partial charge in [0.15, 0.2) is 5.15 Å². The number of hydrogen-bond donors (Lipinski definition) is 1. The maximum atomic E-state index is 9.15. The SMILES string of the molecule is CCN(CC)C(C#N)c1[nH]c(C)nc1Cl. The van der Waals surface area contributed by atoms with Crippen LogP contribution in [0.25, 0.3) is 0 Å². The van der Waals surface area contributed by atoms with Crippen LogP contribution >= 0.6 is 11.6 Å². The van der Waals surface area contributed by atoms with Crippen LogP contribution in [0.3, 0.4) is 0 Å². The normalized spacial score (nSPS) is 12.8. The molecule has 1 heterocycles. The molecule has 0 bridgehead atoms. The molecule has 0 saturated carbocycles. The Hall–Kier alpha value is -1.05. The minimum Gasteiger partial charge on any atom is -0.343 e. The predicted molar refractivity (Wildman–Crippen MR) is 59.6 cm³/mol. The molecule has 5 heteroatoms. The Morgan fingerprint density at radius 2 is 2.13 bits per heavy atom. The van der Waals surface area contributed by atoms with E-state index in [1.54, 1.807) is 0 Å². The molecule has 1 aromatic rings. The van der Waals surface area contributed by atoms with Crippen LogP contribution in [-0.2, 0) is 0 Å². The second-order valence-corrected chi connectivity index (χ2v) is 3.64. The Bertz CT molecular complexity index is 362. The number of rotatable bonds is 4. The van der Waals surface area contributed by atoms with Crippen molar-refractivity contribution in [2.24, 2.45) is 0 Å². The molecule has 0 amide bonds. The van der Waals surface area contributed by atoms with Crippen molar-refractivity contribution in [3.05, 3.63) is 16.7 Å². The molecule has 0 aliphatic carbocycles. The number of nitriles is 1. The lowest BCUT2D eigenvalue weighted by Crippen LogP contribution is -2.27. The molecule has 4 nitrogen and oxygen atoms in total. The molecule has 0 radical (unpaired) electrons. The van der Waals surface area contributed by atoms with Crippen LogP contribution in [0.15, 0.2) is 0 Å². The highest BCUT2D eigenvalue weighted by atomic mass is 35.5. The second kappa shape index (κ2) is 5.15. The van der Waals surface area contributed by atoms with Gasteiger partial charge in [-0.05, 0) is 20.0 Å². The summed E-state index contributed by atoms with van der Waals surface area (Å²) in [4.78, 5) is 9.13. The van der Waals surface area contributed by atoms with Crippen molar-refractivity contribution in [1.82, 2.24) is 14.9 Å². The molecule has 1 atom stereocenters. The minimum atomic E-state index is -0.339. The number of H-pyrrole nitrogens is 1. The molecule has 0 aromatic carbocycles. The molecule has 15 heavy (non-hydrogen) atoms. The molecule has 1 unspecified atom stereocenters. The van der Waals surface area contributed by atoms with Crippen molar-refractivity contribution in [1.29, 1.82) is 5.26 Å². The predicted octanol–water partition coefficient (Wildman–Crippen LogP) is 2.28. The number of nitrogens with one attached hydrogen (secondary N) is 1. The second-order valence-electron chi connectivity index (χ2n) is 3.28. The Morgan fingerprint density at radius 3 is 2.47 bits per heavy atom. The lowest BCUT2D eigenvalue weighted by Gasteiger charge is -2.22. The molecular formula is C10H15ClN4. The lowest BCUT2D eigenvalue weighted by molar-refractivity contribution is 0.259. The average molecular weight is 227 g/mol. The van der Waals surface area contributed by atoms with Crippen LogP contribution in [0.2, 0.25) is 5.15 Å². The van der Waals surface area contributed by atoms with Gasteiger partial charge in [-0.1, -0.05) is 25.4 Å². The summed E-state index contributed by atoms with van der Waals surface area (Å²) in [6, 6.07) is 1.91. The first-order chi connectivity index (χ1) is 7.13. The molecule has 1 aromatic heterocycles. The third-order valence-electron chi connectivity index (χ3n) is 2.38. The van der Waals surface area contributed by atoms with Crippen LogP contribution < -0.4 is 0 Å². The molecular weight excluding hydrogens is 212 g/mol. The molecule has 82 valence electrons. The smallest absolute Gasteiger partial charge is 0.153 e. The van der Waals surface area contributed by atoms with Crippen molar-refractivity contribution in [3.63, 3.8) is 0 Å². The van der Waals surface area contributed by atoms with E-state index in [9.17, 15) is 0 Å². The molecule has 0 aliphatic heterocycles. The zero-order valence-electron chi connectivity index (χ0n) is 9.21. The maximum Gasteiger partial charge on any atom is 0.153 e. The summed E-state index contributed by atoms with van der Waals surface area (Å²) in [6.45, 7) is 7.48. The van der Waals surface area contributed by atoms with Crippen molar-refractivity contribution in [3.8, 4) is 6.07 Å². The first-order valence-corrected chi connectivity index (χ1v) is 5.37. The molecule has 0 spiro atoms. The summed E-state index contributed by atoms with van der Waals surface area (Å²) in [6.07, 6.45) is 0. The standard InChI is InChI=1S/C10H15ClN4/c1-4-15(5-2)8(6-12)9-10(11)14-7(3)13-9/h8H,4-5H2,1-3H3,(H,13,14). The van der Waals surface area contributed by atoms with E-state index in [1.807, 2.05) is 25.7 Å². The molecule has 1 rings (SSSR count). The number of aryl methyl sites for hydroxylation is 1. The third-order valence-corrected chi connectivity index (χ3v) is 2.67. The highest BCUT2D eigenvalue weighted by molar-refractivity contribution is 6.30. The van der Waals surface area contributed by atoms with E-state index in [0.29, 0.717) is 10.8 Å². The van der Waals surface area contributed by atoms with Crippen LogP contribution in [-0.4, -0.2) is 28.0 Å². The fourth-order valence-corrected chi connectivity index (χ4v) is 1.86. The Kier molecular flexibility index (Phi) is 4.13. The van der Waals surface area contributed by atoms with E-state index < -0.39 is 0 Å². The number of aromatic nitrogens is 2. The van der Waals surface area contributed by atoms with Gasteiger partial charge in [0.2, 0.25) is 0 Å². The van der Waals surface area contributed by atoms with E-state index >= 15 is 0 Å². The average Bonchev–Trinajstić information content (AvgIpc) is 2.54. The summed E-state index contributed by atoms with van der Waals surface area (Å²) >= 11 is 5.96. The van der Waals surface area contributed by atoms with Gasteiger partial charge in [-0.3, -0.25) is 4.90 Å². The highest BCUT2D eigenvalue weighted by Crippen LogP contribution is 2.24. The number of aromatic amines is 1. The van der Waals surface area contributed by atoms with Crippen LogP contribution in [0, 0.1) is 18.3 Å². The van der Waals surface area contributed by atoms with Crippen molar-refractivity contribution in [2.45, 2.75) is 26.8 Å². The maximum absolute atomic E-state index is 9.15. The summed E-state index contributed by atoms with van der Waals surface area (Å²) in [5.74, 6) is 0.738. The van der Waals surface area contributed by atoms with Crippen LogP contribution in [0.4, 0.5) is 0 Å². The Balaban J connectivity index is 3.02. The van der Waals surface area contributed by atoms with Gasteiger partial charge >= 0.3 is 0 Å².